The zero-order valence-corrected chi connectivity index (χ0v) is 17.7. The summed E-state index contributed by atoms with van der Waals surface area (Å²) in [5, 5.41) is 0. The van der Waals surface area contributed by atoms with E-state index in [9.17, 15) is 9.59 Å². The van der Waals surface area contributed by atoms with Gasteiger partial charge >= 0.3 is 0 Å². The monoisotopic (exact) mass is 482 g/mol. The van der Waals surface area contributed by atoms with Gasteiger partial charge in [0.2, 0.25) is 0 Å². The summed E-state index contributed by atoms with van der Waals surface area (Å²) in [6.07, 6.45) is 1.07. The third-order valence-corrected chi connectivity index (χ3v) is 5.00. The molecule has 0 aliphatic heterocycles. The van der Waals surface area contributed by atoms with Crippen molar-refractivity contribution in [2.45, 2.75) is 26.2 Å². The van der Waals surface area contributed by atoms with Crippen LogP contribution in [0.1, 0.15) is 42.1 Å². The predicted molar refractivity (Wildman–Crippen MR) is 112 cm³/mol. The number of methoxy groups -OCH3 is 1. The van der Waals surface area contributed by atoms with Gasteiger partial charge in [0.05, 0.1) is 10.7 Å². The number of halogens is 1. The Balaban J connectivity index is 1.80. The Morgan fingerprint density at radius 1 is 1.11 bits per heavy atom. The van der Waals surface area contributed by atoms with E-state index in [4.69, 9.17) is 9.47 Å². The fraction of sp³-hybridized carbons (Fsp3) is 0.300. The number of hydrazine groups is 1. The van der Waals surface area contributed by atoms with Crippen molar-refractivity contribution in [1.82, 2.24) is 10.9 Å². The van der Waals surface area contributed by atoms with Crippen LogP contribution in [0, 0.1) is 3.57 Å². The molecule has 1 atom stereocenters. The zero-order valence-electron chi connectivity index (χ0n) is 15.5. The first-order valence-corrected chi connectivity index (χ1v) is 9.68. The van der Waals surface area contributed by atoms with Crippen LogP contribution in [-0.2, 0) is 4.79 Å². The lowest BCUT2D eigenvalue weighted by Gasteiger charge is -2.11. The van der Waals surface area contributed by atoms with E-state index in [1.54, 1.807) is 25.3 Å². The second-order valence-electron chi connectivity index (χ2n) is 6.02. The van der Waals surface area contributed by atoms with Gasteiger partial charge in [-0.2, -0.15) is 0 Å². The highest BCUT2D eigenvalue weighted by molar-refractivity contribution is 14.1. The highest BCUT2D eigenvalue weighted by Crippen LogP contribution is 2.22. The van der Waals surface area contributed by atoms with Crippen LogP contribution in [0.4, 0.5) is 0 Å². The fourth-order valence-corrected chi connectivity index (χ4v) is 3.06. The molecule has 144 valence electrons. The number of carbonyl (C=O) groups excluding carboxylic acids is 2. The molecule has 7 heteroatoms. The van der Waals surface area contributed by atoms with Gasteiger partial charge in [0.25, 0.3) is 11.8 Å². The van der Waals surface area contributed by atoms with Gasteiger partial charge in [0, 0.05) is 5.56 Å². The highest BCUT2D eigenvalue weighted by Gasteiger charge is 2.10. The normalized spacial score (nSPS) is 11.4. The molecular formula is C20H23IN2O4. The summed E-state index contributed by atoms with van der Waals surface area (Å²) in [6, 6.07) is 12.7. The number of carbonyl (C=O) groups is 2. The van der Waals surface area contributed by atoms with Crippen molar-refractivity contribution in [3.63, 3.8) is 0 Å². The van der Waals surface area contributed by atoms with E-state index in [0.29, 0.717) is 23.0 Å². The number of rotatable bonds is 7. The average Bonchev–Trinajstić information content (AvgIpc) is 2.70. The molecule has 0 heterocycles. The molecule has 6 nitrogen and oxygen atoms in total. The lowest BCUT2D eigenvalue weighted by Crippen LogP contribution is -2.43. The molecule has 2 rings (SSSR count). The van der Waals surface area contributed by atoms with Crippen molar-refractivity contribution in [2.24, 2.45) is 0 Å². The standard InChI is InChI=1S/C20H23IN2O4/c1-4-13(2)14-5-8-16(9-6-14)27-12-19(24)22-23-20(25)15-7-10-18(26-3)17(21)11-15/h5-11,13H,4,12H2,1-3H3,(H,22,24)(H,23,25)/t13-/m0/s1. The SMILES string of the molecule is CC[C@H](C)c1ccc(OCC(=O)NNC(=O)c2ccc(OC)c(I)c2)cc1. The first-order valence-electron chi connectivity index (χ1n) is 8.60. The molecule has 0 aliphatic rings. The number of hydrogen-bond donors (Lipinski definition) is 2. The molecule has 0 fully saturated rings. The van der Waals surface area contributed by atoms with Crippen molar-refractivity contribution in [3.05, 3.63) is 57.2 Å². The summed E-state index contributed by atoms with van der Waals surface area (Å²) in [7, 11) is 1.56. The van der Waals surface area contributed by atoms with Gasteiger partial charge in [-0.15, -0.1) is 0 Å². The topological polar surface area (TPSA) is 76.7 Å². The minimum absolute atomic E-state index is 0.191. The Hall–Kier alpha value is -2.29. The van der Waals surface area contributed by atoms with Gasteiger partial charge in [0.15, 0.2) is 6.61 Å². The van der Waals surface area contributed by atoms with Gasteiger partial charge in [0.1, 0.15) is 11.5 Å². The van der Waals surface area contributed by atoms with Crippen LogP contribution in [0.15, 0.2) is 42.5 Å². The van der Waals surface area contributed by atoms with E-state index >= 15 is 0 Å². The Morgan fingerprint density at radius 3 is 2.41 bits per heavy atom. The maximum absolute atomic E-state index is 12.1. The van der Waals surface area contributed by atoms with Crippen LogP contribution in [0.3, 0.4) is 0 Å². The summed E-state index contributed by atoms with van der Waals surface area (Å²) in [5.41, 5.74) is 6.36. The van der Waals surface area contributed by atoms with Crippen molar-refractivity contribution in [1.29, 1.82) is 0 Å². The maximum atomic E-state index is 12.1. The van der Waals surface area contributed by atoms with E-state index in [-0.39, 0.29) is 6.61 Å². The molecule has 2 aromatic carbocycles. The first-order chi connectivity index (χ1) is 12.9. The molecule has 0 saturated heterocycles. The Bertz CT molecular complexity index is 793. The van der Waals surface area contributed by atoms with E-state index < -0.39 is 11.8 Å². The third-order valence-electron chi connectivity index (χ3n) is 4.16. The molecule has 0 radical (unpaired) electrons. The second-order valence-corrected chi connectivity index (χ2v) is 7.18. The molecule has 0 saturated carbocycles. The smallest absolute Gasteiger partial charge is 0.276 e. The number of amides is 2. The van der Waals surface area contributed by atoms with E-state index in [1.807, 2.05) is 24.3 Å². The summed E-state index contributed by atoms with van der Waals surface area (Å²) in [4.78, 5) is 24.0. The molecule has 2 aromatic rings. The highest BCUT2D eigenvalue weighted by atomic mass is 127. The van der Waals surface area contributed by atoms with Gasteiger partial charge < -0.3 is 9.47 Å². The largest absolute Gasteiger partial charge is 0.496 e. The number of nitrogens with one attached hydrogen (secondary N) is 2. The van der Waals surface area contributed by atoms with E-state index in [1.165, 1.54) is 5.56 Å². The van der Waals surface area contributed by atoms with Gasteiger partial charge in [-0.25, -0.2) is 0 Å². The lowest BCUT2D eigenvalue weighted by molar-refractivity contribution is -0.123. The number of benzene rings is 2. The van der Waals surface area contributed by atoms with Crippen LogP contribution in [0.5, 0.6) is 11.5 Å². The molecule has 0 aromatic heterocycles. The van der Waals surface area contributed by atoms with Crippen LogP contribution in [-0.4, -0.2) is 25.5 Å². The number of hydrogen-bond acceptors (Lipinski definition) is 4. The molecule has 0 aliphatic carbocycles. The molecule has 0 spiro atoms. The Morgan fingerprint density at radius 2 is 1.81 bits per heavy atom. The summed E-state index contributed by atoms with van der Waals surface area (Å²) < 4.78 is 11.4. The van der Waals surface area contributed by atoms with Crippen molar-refractivity contribution >= 4 is 34.4 Å². The van der Waals surface area contributed by atoms with Crippen molar-refractivity contribution in [2.75, 3.05) is 13.7 Å². The fourth-order valence-electron chi connectivity index (χ4n) is 2.32. The minimum Gasteiger partial charge on any atom is -0.496 e. The third kappa shape index (κ3) is 6.13. The molecule has 0 bridgehead atoms. The Kier molecular flexibility index (Phi) is 7.90. The predicted octanol–water partition coefficient (Wildman–Crippen LogP) is 3.65. The number of ether oxygens (including phenoxy) is 2. The van der Waals surface area contributed by atoms with E-state index in [0.717, 1.165) is 9.99 Å². The zero-order chi connectivity index (χ0) is 19.8. The molecule has 2 N–H and O–H groups in total. The van der Waals surface area contributed by atoms with Crippen LogP contribution in [0.2, 0.25) is 0 Å². The molecule has 2 amide bonds. The van der Waals surface area contributed by atoms with Crippen molar-refractivity contribution in [3.8, 4) is 11.5 Å². The summed E-state index contributed by atoms with van der Waals surface area (Å²) in [5.74, 6) is 0.912. The molecule has 0 unspecified atom stereocenters. The minimum atomic E-state index is -0.447. The van der Waals surface area contributed by atoms with Gasteiger partial charge in [-0.05, 0) is 70.8 Å². The lowest BCUT2D eigenvalue weighted by atomic mass is 9.99. The average molecular weight is 482 g/mol. The van der Waals surface area contributed by atoms with Gasteiger partial charge in [-0.3, -0.25) is 20.4 Å². The molecule has 27 heavy (non-hydrogen) atoms. The van der Waals surface area contributed by atoms with Crippen LogP contribution in [0.25, 0.3) is 0 Å². The summed E-state index contributed by atoms with van der Waals surface area (Å²) in [6.45, 7) is 4.11. The van der Waals surface area contributed by atoms with Gasteiger partial charge in [-0.1, -0.05) is 26.0 Å². The van der Waals surface area contributed by atoms with Crippen LogP contribution < -0.4 is 20.3 Å². The first kappa shape index (κ1) is 21.0. The second kappa shape index (κ2) is 10.1. The quantitative estimate of drug-likeness (QED) is 0.467. The Labute approximate surface area is 172 Å². The van der Waals surface area contributed by atoms with Crippen LogP contribution >= 0.6 is 22.6 Å². The summed E-state index contributed by atoms with van der Waals surface area (Å²) >= 11 is 2.08. The molecular weight excluding hydrogens is 459 g/mol. The maximum Gasteiger partial charge on any atom is 0.276 e. The van der Waals surface area contributed by atoms with E-state index in [2.05, 4.69) is 47.3 Å². The van der Waals surface area contributed by atoms with Crippen molar-refractivity contribution < 1.29 is 19.1 Å².